The van der Waals surface area contributed by atoms with Crippen molar-refractivity contribution in [2.75, 3.05) is 0 Å². The Kier molecular flexibility index (Phi) is 4.24. The largest absolute Gasteiger partial charge is 0.416 e. The summed E-state index contributed by atoms with van der Waals surface area (Å²) in [6.45, 7) is 2.94. The Bertz CT molecular complexity index is 579. The zero-order valence-corrected chi connectivity index (χ0v) is 11.0. The minimum atomic E-state index is -4.65. The summed E-state index contributed by atoms with van der Waals surface area (Å²) < 4.78 is 62.6. The fourth-order valence-electron chi connectivity index (χ4n) is 1.15. The molecule has 1 aromatic rings. The van der Waals surface area contributed by atoms with Crippen molar-refractivity contribution in [3.05, 3.63) is 29.8 Å². The summed E-state index contributed by atoms with van der Waals surface area (Å²) in [7, 11) is -4.29. The topological polar surface area (TPSA) is 63.2 Å². The van der Waals surface area contributed by atoms with Crippen LogP contribution >= 0.6 is 0 Å². The number of rotatable bonds is 3. The third-order valence-electron chi connectivity index (χ3n) is 2.23. The van der Waals surface area contributed by atoms with Gasteiger partial charge in [0.15, 0.2) is 0 Å². The number of alkyl halides is 3. The molecule has 0 bridgehead atoms. The van der Waals surface area contributed by atoms with Gasteiger partial charge >= 0.3 is 6.18 Å². The molecule has 0 radical (unpaired) electrons. The van der Waals surface area contributed by atoms with Gasteiger partial charge in [-0.25, -0.2) is 13.1 Å². The molecule has 0 fully saturated rings. The Morgan fingerprint density at radius 1 is 1.26 bits per heavy atom. The summed E-state index contributed by atoms with van der Waals surface area (Å²) in [5.41, 5.74) is -1.09. The van der Waals surface area contributed by atoms with E-state index in [0.717, 1.165) is 18.2 Å². The van der Waals surface area contributed by atoms with E-state index in [0.29, 0.717) is 6.07 Å². The lowest BCUT2D eigenvalue weighted by Gasteiger charge is -2.11. The first-order valence-electron chi connectivity index (χ1n) is 5.28. The van der Waals surface area contributed by atoms with Gasteiger partial charge in [0.1, 0.15) is 0 Å². The van der Waals surface area contributed by atoms with Crippen LogP contribution in [0.25, 0.3) is 0 Å². The fourth-order valence-corrected chi connectivity index (χ4v) is 2.31. The van der Waals surface area contributed by atoms with E-state index in [4.69, 9.17) is 0 Å². The molecule has 0 unspecified atom stereocenters. The molecule has 8 heteroatoms. The smallest absolute Gasteiger partial charge is 0.274 e. The van der Waals surface area contributed by atoms with E-state index >= 15 is 0 Å². The Hall–Kier alpha value is -1.57. The second kappa shape index (κ2) is 5.20. The van der Waals surface area contributed by atoms with Gasteiger partial charge in [-0.05, 0) is 18.2 Å². The molecule has 1 rings (SSSR count). The molecule has 0 saturated heterocycles. The lowest BCUT2D eigenvalue weighted by Crippen LogP contribution is -2.33. The molecular formula is C11H12F3NO3S. The summed E-state index contributed by atoms with van der Waals surface area (Å²) >= 11 is 0. The van der Waals surface area contributed by atoms with Crippen molar-refractivity contribution in [2.24, 2.45) is 5.92 Å². The van der Waals surface area contributed by atoms with Crippen LogP contribution in [0.3, 0.4) is 0 Å². The Balaban J connectivity index is 3.13. The quantitative estimate of drug-likeness (QED) is 0.929. The number of sulfonamides is 1. The van der Waals surface area contributed by atoms with E-state index in [1.54, 1.807) is 4.72 Å². The van der Waals surface area contributed by atoms with Gasteiger partial charge in [0.05, 0.1) is 10.5 Å². The van der Waals surface area contributed by atoms with E-state index in [1.165, 1.54) is 13.8 Å². The van der Waals surface area contributed by atoms with Gasteiger partial charge in [-0.1, -0.05) is 19.9 Å². The van der Waals surface area contributed by atoms with Crippen LogP contribution < -0.4 is 4.72 Å². The number of carbonyl (C=O) groups is 1. The van der Waals surface area contributed by atoms with Crippen molar-refractivity contribution >= 4 is 15.9 Å². The van der Waals surface area contributed by atoms with Gasteiger partial charge in [-0.15, -0.1) is 0 Å². The summed E-state index contributed by atoms with van der Waals surface area (Å²) in [5, 5.41) is 0. The van der Waals surface area contributed by atoms with Crippen molar-refractivity contribution in [3.63, 3.8) is 0 Å². The van der Waals surface area contributed by atoms with Crippen LogP contribution in [0.15, 0.2) is 29.2 Å². The normalized spacial score (nSPS) is 12.5. The van der Waals surface area contributed by atoms with E-state index < -0.39 is 38.5 Å². The first-order chi connectivity index (χ1) is 8.54. The van der Waals surface area contributed by atoms with Crippen molar-refractivity contribution in [1.82, 2.24) is 4.72 Å². The number of benzene rings is 1. The highest BCUT2D eigenvalue weighted by atomic mass is 32.2. The minimum absolute atomic E-state index is 0.482. The van der Waals surface area contributed by atoms with Crippen molar-refractivity contribution in [3.8, 4) is 0 Å². The van der Waals surface area contributed by atoms with Crippen LogP contribution in [0.5, 0.6) is 0 Å². The molecule has 4 nitrogen and oxygen atoms in total. The molecule has 1 N–H and O–H groups in total. The van der Waals surface area contributed by atoms with Gasteiger partial charge in [0.25, 0.3) is 10.0 Å². The third kappa shape index (κ3) is 3.95. The maximum Gasteiger partial charge on any atom is 0.416 e. The van der Waals surface area contributed by atoms with Gasteiger partial charge in [-0.3, -0.25) is 4.79 Å². The minimum Gasteiger partial charge on any atom is -0.274 e. The second-order valence-electron chi connectivity index (χ2n) is 4.15. The molecule has 1 amide bonds. The summed E-state index contributed by atoms with van der Waals surface area (Å²) in [5.74, 6) is -1.38. The Labute approximate surface area is 108 Å². The first kappa shape index (κ1) is 15.5. The zero-order chi connectivity index (χ0) is 14.8. The van der Waals surface area contributed by atoms with E-state index in [9.17, 15) is 26.4 Å². The molecule has 106 valence electrons. The monoisotopic (exact) mass is 295 g/mol. The van der Waals surface area contributed by atoms with Gasteiger partial charge < -0.3 is 0 Å². The summed E-state index contributed by atoms with van der Waals surface area (Å²) in [6, 6.07) is 3.20. The van der Waals surface area contributed by atoms with Crippen LogP contribution in [-0.4, -0.2) is 14.3 Å². The number of hydrogen-bond acceptors (Lipinski definition) is 3. The average molecular weight is 295 g/mol. The SMILES string of the molecule is CC(C)C(=O)NS(=O)(=O)c1cccc(C(F)(F)F)c1. The molecule has 0 aliphatic heterocycles. The molecule has 0 aliphatic carbocycles. The van der Waals surface area contributed by atoms with E-state index in [1.807, 2.05) is 0 Å². The number of amides is 1. The van der Waals surface area contributed by atoms with Crippen LogP contribution in [0.2, 0.25) is 0 Å². The Morgan fingerprint density at radius 2 is 1.84 bits per heavy atom. The zero-order valence-electron chi connectivity index (χ0n) is 10.2. The highest BCUT2D eigenvalue weighted by molar-refractivity contribution is 7.90. The molecule has 19 heavy (non-hydrogen) atoms. The van der Waals surface area contributed by atoms with Crippen molar-refractivity contribution in [2.45, 2.75) is 24.9 Å². The van der Waals surface area contributed by atoms with Crippen LogP contribution in [0.4, 0.5) is 13.2 Å². The molecular weight excluding hydrogens is 283 g/mol. The van der Waals surface area contributed by atoms with Crippen LogP contribution in [-0.2, 0) is 21.0 Å². The van der Waals surface area contributed by atoms with Gasteiger partial charge in [0, 0.05) is 5.92 Å². The number of carbonyl (C=O) groups excluding carboxylic acids is 1. The predicted molar refractivity (Wildman–Crippen MR) is 61.6 cm³/mol. The third-order valence-corrected chi connectivity index (χ3v) is 3.58. The van der Waals surface area contributed by atoms with Gasteiger partial charge in [-0.2, -0.15) is 13.2 Å². The molecule has 0 aliphatic rings. The molecule has 0 atom stereocenters. The lowest BCUT2D eigenvalue weighted by atomic mass is 10.2. The van der Waals surface area contributed by atoms with Crippen LogP contribution in [0, 0.1) is 5.92 Å². The molecule has 1 aromatic carbocycles. The predicted octanol–water partition coefficient (Wildman–Crippen LogP) is 2.17. The number of nitrogens with one attached hydrogen (secondary N) is 1. The second-order valence-corrected chi connectivity index (χ2v) is 5.83. The highest BCUT2D eigenvalue weighted by Crippen LogP contribution is 2.30. The number of halogens is 3. The molecule has 0 aromatic heterocycles. The van der Waals surface area contributed by atoms with E-state index in [2.05, 4.69) is 0 Å². The standard InChI is InChI=1S/C11H12F3NO3S/c1-7(2)10(16)15-19(17,18)9-5-3-4-8(6-9)11(12,13)14/h3-7H,1-2H3,(H,15,16). The van der Waals surface area contributed by atoms with Crippen molar-refractivity contribution in [1.29, 1.82) is 0 Å². The molecule has 0 saturated carbocycles. The average Bonchev–Trinajstić information content (AvgIpc) is 2.27. The van der Waals surface area contributed by atoms with Crippen LogP contribution in [0.1, 0.15) is 19.4 Å². The summed E-state index contributed by atoms with van der Waals surface area (Å²) in [6.07, 6.45) is -4.65. The number of hydrogen-bond donors (Lipinski definition) is 1. The fraction of sp³-hybridized carbons (Fsp3) is 0.364. The summed E-state index contributed by atoms with van der Waals surface area (Å²) in [4.78, 5) is 10.7. The molecule has 0 heterocycles. The Morgan fingerprint density at radius 3 is 2.32 bits per heavy atom. The first-order valence-corrected chi connectivity index (χ1v) is 6.76. The highest BCUT2D eigenvalue weighted by Gasteiger charge is 2.32. The molecule has 0 spiro atoms. The van der Waals surface area contributed by atoms with Gasteiger partial charge in [0.2, 0.25) is 5.91 Å². The maximum absolute atomic E-state index is 12.5. The van der Waals surface area contributed by atoms with Crippen molar-refractivity contribution < 1.29 is 26.4 Å². The lowest BCUT2D eigenvalue weighted by molar-refractivity contribution is -0.137. The van der Waals surface area contributed by atoms with E-state index in [-0.39, 0.29) is 0 Å². The maximum atomic E-state index is 12.5.